The molecule has 0 fully saturated rings. The van der Waals surface area contributed by atoms with E-state index < -0.39 is 16.0 Å². The predicted molar refractivity (Wildman–Crippen MR) is 135 cm³/mol. The molecule has 7 nitrogen and oxygen atoms in total. The van der Waals surface area contributed by atoms with E-state index in [1.807, 2.05) is 19.9 Å². The Balaban J connectivity index is 1.87. The third-order valence-corrected chi connectivity index (χ3v) is 6.54. The van der Waals surface area contributed by atoms with E-state index >= 15 is 0 Å². The average molecular weight is 511 g/mol. The third kappa shape index (κ3) is 6.63. The normalized spacial score (nSPS) is 11.5. The number of anilines is 1. The molecule has 0 bridgehead atoms. The average Bonchev–Trinajstić information content (AvgIpc) is 2.81. The molecule has 0 aliphatic heterocycles. The van der Waals surface area contributed by atoms with Crippen molar-refractivity contribution in [1.82, 2.24) is 0 Å². The van der Waals surface area contributed by atoms with Crippen LogP contribution in [0.3, 0.4) is 0 Å². The molecule has 0 unspecified atom stereocenters. The van der Waals surface area contributed by atoms with Crippen LogP contribution in [0.15, 0.2) is 71.1 Å². The second-order valence-corrected chi connectivity index (χ2v) is 9.53. The van der Waals surface area contributed by atoms with Gasteiger partial charge in [0.05, 0.1) is 6.61 Å². The highest BCUT2D eigenvalue weighted by Gasteiger charge is 2.20. The molecule has 3 rings (SSSR count). The van der Waals surface area contributed by atoms with Gasteiger partial charge in [-0.3, -0.25) is 4.79 Å². The summed E-state index contributed by atoms with van der Waals surface area (Å²) >= 11 is 6.09. The van der Waals surface area contributed by atoms with Gasteiger partial charge in [-0.05, 0) is 74.4 Å². The second kappa shape index (κ2) is 11.1. The van der Waals surface area contributed by atoms with Crippen LogP contribution in [0.1, 0.15) is 23.6 Å². The zero-order valence-electron chi connectivity index (χ0n) is 19.3. The van der Waals surface area contributed by atoms with E-state index in [0.717, 1.165) is 11.1 Å². The highest BCUT2D eigenvalue weighted by Crippen LogP contribution is 2.32. The van der Waals surface area contributed by atoms with Crippen LogP contribution in [0.5, 0.6) is 11.5 Å². The van der Waals surface area contributed by atoms with E-state index in [2.05, 4.69) is 5.32 Å². The van der Waals surface area contributed by atoms with Crippen molar-refractivity contribution in [3.8, 4) is 17.6 Å². The largest absolute Gasteiger partial charge is 0.490 e. The lowest BCUT2D eigenvalue weighted by molar-refractivity contribution is -0.112. The van der Waals surface area contributed by atoms with Crippen LogP contribution in [-0.2, 0) is 14.9 Å². The minimum atomic E-state index is -4.09. The summed E-state index contributed by atoms with van der Waals surface area (Å²) in [7, 11) is -4.09. The highest BCUT2D eigenvalue weighted by molar-refractivity contribution is 7.87. The van der Waals surface area contributed by atoms with E-state index in [1.165, 1.54) is 36.4 Å². The van der Waals surface area contributed by atoms with E-state index in [4.69, 9.17) is 20.5 Å². The zero-order valence-corrected chi connectivity index (χ0v) is 20.9. The maximum absolute atomic E-state index is 12.7. The number of nitriles is 1. The molecule has 9 heteroatoms. The van der Waals surface area contributed by atoms with Crippen molar-refractivity contribution < 1.29 is 22.1 Å². The van der Waals surface area contributed by atoms with Crippen LogP contribution in [0.25, 0.3) is 6.08 Å². The predicted octanol–water partition coefficient (Wildman–Crippen LogP) is 5.67. The van der Waals surface area contributed by atoms with Gasteiger partial charge < -0.3 is 14.2 Å². The van der Waals surface area contributed by atoms with Crippen molar-refractivity contribution in [3.63, 3.8) is 0 Å². The SMILES string of the molecule is CCOc1cc(/C=C(\C#N)C(=O)Nc2ccc(C)c(Cl)c2)ccc1OS(=O)(=O)c1ccc(C)cc1. The van der Waals surface area contributed by atoms with Gasteiger partial charge in [0.25, 0.3) is 5.91 Å². The summed E-state index contributed by atoms with van der Waals surface area (Å²) in [5.41, 5.74) is 2.51. The number of nitrogens with zero attached hydrogens (tertiary/aromatic N) is 1. The number of aryl methyl sites for hydroxylation is 2. The fourth-order valence-corrected chi connectivity index (χ4v) is 4.13. The minimum absolute atomic E-state index is 0.00849. The number of nitrogens with one attached hydrogen (secondary N) is 1. The summed E-state index contributed by atoms with van der Waals surface area (Å²) in [6.07, 6.45) is 1.37. The molecule has 35 heavy (non-hydrogen) atoms. The van der Waals surface area contributed by atoms with Crippen molar-refractivity contribution in [2.24, 2.45) is 0 Å². The second-order valence-electron chi connectivity index (χ2n) is 7.58. The molecule has 0 aromatic heterocycles. The smallest absolute Gasteiger partial charge is 0.339 e. The Hall–Kier alpha value is -3.80. The lowest BCUT2D eigenvalue weighted by atomic mass is 10.1. The summed E-state index contributed by atoms with van der Waals surface area (Å²) in [4.78, 5) is 12.6. The number of rotatable bonds is 8. The molecule has 3 aromatic carbocycles. The number of hydrogen-bond acceptors (Lipinski definition) is 6. The quantitative estimate of drug-likeness (QED) is 0.238. The van der Waals surface area contributed by atoms with Gasteiger partial charge in [-0.15, -0.1) is 0 Å². The van der Waals surface area contributed by atoms with Gasteiger partial charge >= 0.3 is 10.1 Å². The molecule has 180 valence electrons. The van der Waals surface area contributed by atoms with E-state index in [9.17, 15) is 18.5 Å². The molecular weight excluding hydrogens is 488 g/mol. The molecule has 0 atom stereocenters. The highest BCUT2D eigenvalue weighted by atomic mass is 35.5. The molecule has 0 saturated carbocycles. The first-order chi connectivity index (χ1) is 16.6. The fourth-order valence-electron chi connectivity index (χ4n) is 3.01. The lowest BCUT2D eigenvalue weighted by Gasteiger charge is -2.13. The molecule has 0 radical (unpaired) electrons. The van der Waals surface area contributed by atoms with Gasteiger partial charge in [-0.2, -0.15) is 13.7 Å². The van der Waals surface area contributed by atoms with E-state index in [-0.39, 0.29) is 28.6 Å². The van der Waals surface area contributed by atoms with Crippen LogP contribution in [0, 0.1) is 25.2 Å². The van der Waals surface area contributed by atoms with Crippen molar-refractivity contribution in [2.75, 3.05) is 11.9 Å². The van der Waals surface area contributed by atoms with Crippen molar-refractivity contribution >= 4 is 39.4 Å². The maximum Gasteiger partial charge on any atom is 0.339 e. The van der Waals surface area contributed by atoms with Gasteiger partial charge in [0.1, 0.15) is 16.5 Å². The Morgan fingerprint density at radius 1 is 1.06 bits per heavy atom. The van der Waals surface area contributed by atoms with Gasteiger partial charge in [0, 0.05) is 10.7 Å². The molecule has 0 aliphatic rings. The number of carbonyl (C=O) groups excluding carboxylic acids is 1. The number of carbonyl (C=O) groups is 1. The van der Waals surface area contributed by atoms with Crippen LogP contribution in [0.2, 0.25) is 5.02 Å². The Labute approximate surface area is 209 Å². The summed E-state index contributed by atoms with van der Waals surface area (Å²) < 4.78 is 36.3. The number of amides is 1. The van der Waals surface area contributed by atoms with E-state index in [1.54, 1.807) is 37.3 Å². The van der Waals surface area contributed by atoms with Crippen LogP contribution in [-0.4, -0.2) is 20.9 Å². The van der Waals surface area contributed by atoms with Crippen LogP contribution < -0.4 is 14.2 Å². The first-order valence-electron chi connectivity index (χ1n) is 10.6. The van der Waals surface area contributed by atoms with Crippen LogP contribution in [0.4, 0.5) is 5.69 Å². The summed E-state index contributed by atoms with van der Waals surface area (Å²) in [6.45, 7) is 5.67. The summed E-state index contributed by atoms with van der Waals surface area (Å²) in [6, 6.07) is 17.6. The summed E-state index contributed by atoms with van der Waals surface area (Å²) in [5.74, 6) is -0.477. The topological polar surface area (TPSA) is 105 Å². The monoisotopic (exact) mass is 510 g/mol. The van der Waals surface area contributed by atoms with Crippen LogP contribution >= 0.6 is 11.6 Å². The minimum Gasteiger partial charge on any atom is -0.490 e. The Bertz CT molecular complexity index is 1430. The molecule has 3 aromatic rings. The molecule has 1 N–H and O–H groups in total. The molecule has 0 saturated heterocycles. The van der Waals surface area contributed by atoms with Crippen molar-refractivity contribution in [3.05, 3.63) is 87.9 Å². The number of hydrogen-bond donors (Lipinski definition) is 1. The Morgan fingerprint density at radius 3 is 2.40 bits per heavy atom. The fraction of sp³-hybridized carbons (Fsp3) is 0.154. The van der Waals surface area contributed by atoms with Gasteiger partial charge in [-0.25, -0.2) is 0 Å². The molecular formula is C26H23ClN2O5S. The first kappa shape index (κ1) is 25.8. The molecule has 0 aliphatic carbocycles. The van der Waals surface area contributed by atoms with E-state index in [0.29, 0.717) is 16.3 Å². The number of halogens is 1. The third-order valence-electron chi connectivity index (χ3n) is 4.88. The van der Waals surface area contributed by atoms with Gasteiger partial charge in [0.15, 0.2) is 11.5 Å². The maximum atomic E-state index is 12.7. The van der Waals surface area contributed by atoms with Gasteiger partial charge in [-0.1, -0.05) is 41.4 Å². The van der Waals surface area contributed by atoms with Crippen molar-refractivity contribution in [2.45, 2.75) is 25.7 Å². The number of ether oxygens (including phenoxy) is 1. The Kier molecular flexibility index (Phi) is 8.18. The first-order valence-corrected chi connectivity index (χ1v) is 12.4. The molecule has 0 heterocycles. The summed E-state index contributed by atoms with van der Waals surface area (Å²) in [5, 5.41) is 12.6. The van der Waals surface area contributed by atoms with Crippen molar-refractivity contribution in [1.29, 1.82) is 5.26 Å². The van der Waals surface area contributed by atoms with Gasteiger partial charge in [0.2, 0.25) is 0 Å². The Morgan fingerprint density at radius 2 is 1.77 bits per heavy atom. The number of benzene rings is 3. The zero-order chi connectivity index (χ0) is 25.6. The molecule has 0 spiro atoms. The standard InChI is InChI=1S/C26H23ClN2O5S/c1-4-33-25-14-19(8-12-24(25)34-35(31,32)22-10-5-17(2)6-11-22)13-20(16-28)26(30)29-21-9-7-18(3)23(27)15-21/h5-15H,4H2,1-3H3,(H,29,30)/b20-13+. The lowest BCUT2D eigenvalue weighted by Crippen LogP contribution is -2.13. The molecule has 1 amide bonds.